The standard InChI is InChI=1S/C14H14FN3O/c15-12-7-10(14(17)19)4-5-13(12)18-8-9-2-1-3-11(16)6-9/h1-7,18H,8,16H2,(H2,17,19). The predicted molar refractivity (Wildman–Crippen MR) is 73.1 cm³/mol. The molecule has 5 N–H and O–H groups in total. The fourth-order valence-corrected chi connectivity index (χ4v) is 1.71. The number of halogens is 1. The van der Waals surface area contributed by atoms with Gasteiger partial charge in [0.25, 0.3) is 0 Å². The average molecular weight is 259 g/mol. The highest BCUT2D eigenvalue weighted by molar-refractivity contribution is 5.93. The summed E-state index contributed by atoms with van der Waals surface area (Å²) in [7, 11) is 0. The summed E-state index contributed by atoms with van der Waals surface area (Å²) < 4.78 is 13.7. The molecule has 0 aliphatic rings. The van der Waals surface area contributed by atoms with Crippen molar-refractivity contribution in [2.24, 2.45) is 5.73 Å². The third-order valence-electron chi connectivity index (χ3n) is 2.69. The normalized spacial score (nSPS) is 10.2. The number of carbonyl (C=O) groups excluding carboxylic acids is 1. The van der Waals surface area contributed by atoms with Crippen LogP contribution in [0.1, 0.15) is 15.9 Å². The van der Waals surface area contributed by atoms with E-state index in [4.69, 9.17) is 11.5 Å². The van der Waals surface area contributed by atoms with Crippen molar-refractivity contribution in [1.29, 1.82) is 0 Å². The number of hydrogen-bond acceptors (Lipinski definition) is 3. The zero-order chi connectivity index (χ0) is 13.8. The average Bonchev–Trinajstić information content (AvgIpc) is 2.37. The summed E-state index contributed by atoms with van der Waals surface area (Å²) in [6.45, 7) is 0.442. The van der Waals surface area contributed by atoms with E-state index in [2.05, 4.69) is 5.32 Å². The van der Waals surface area contributed by atoms with E-state index in [1.165, 1.54) is 12.1 Å². The molecule has 0 saturated carbocycles. The molecule has 0 aliphatic carbocycles. The van der Waals surface area contributed by atoms with E-state index in [0.717, 1.165) is 11.6 Å². The first kappa shape index (κ1) is 12.9. The highest BCUT2D eigenvalue weighted by Crippen LogP contribution is 2.17. The lowest BCUT2D eigenvalue weighted by Crippen LogP contribution is -2.11. The topological polar surface area (TPSA) is 81.1 Å². The van der Waals surface area contributed by atoms with Gasteiger partial charge in [0.15, 0.2) is 0 Å². The van der Waals surface area contributed by atoms with Gasteiger partial charge < -0.3 is 16.8 Å². The Balaban J connectivity index is 2.10. The first-order valence-electron chi connectivity index (χ1n) is 5.74. The van der Waals surface area contributed by atoms with Crippen molar-refractivity contribution in [2.75, 3.05) is 11.1 Å². The fraction of sp³-hybridized carbons (Fsp3) is 0.0714. The van der Waals surface area contributed by atoms with Crippen LogP contribution in [0.15, 0.2) is 42.5 Å². The molecule has 2 rings (SSSR count). The first-order valence-corrected chi connectivity index (χ1v) is 5.74. The van der Waals surface area contributed by atoms with E-state index in [1.807, 2.05) is 18.2 Å². The van der Waals surface area contributed by atoms with Crippen LogP contribution < -0.4 is 16.8 Å². The molecule has 0 unspecified atom stereocenters. The van der Waals surface area contributed by atoms with Gasteiger partial charge in [0.05, 0.1) is 5.69 Å². The summed E-state index contributed by atoms with van der Waals surface area (Å²) in [5, 5.41) is 2.94. The number of amides is 1. The minimum atomic E-state index is -0.652. The molecule has 0 fully saturated rings. The van der Waals surface area contributed by atoms with Gasteiger partial charge in [-0.25, -0.2) is 4.39 Å². The maximum Gasteiger partial charge on any atom is 0.248 e. The summed E-state index contributed by atoms with van der Waals surface area (Å²) in [6.07, 6.45) is 0. The Morgan fingerprint density at radius 1 is 1.21 bits per heavy atom. The molecule has 0 aromatic heterocycles. The van der Waals surface area contributed by atoms with Crippen molar-refractivity contribution in [1.82, 2.24) is 0 Å². The first-order chi connectivity index (χ1) is 9.06. The summed E-state index contributed by atoms with van der Waals surface area (Å²) in [5.41, 5.74) is 12.8. The molecule has 0 saturated heterocycles. The van der Waals surface area contributed by atoms with Gasteiger partial charge in [0.2, 0.25) is 5.91 Å². The molecule has 19 heavy (non-hydrogen) atoms. The molecule has 98 valence electrons. The van der Waals surface area contributed by atoms with Crippen molar-refractivity contribution < 1.29 is 9.18 Å². The van der Waals surface area contributed by atoms with Gasteiger partial charge in [0, 0.05) is 17.8 Å². The zero-order valence-electron chi connectivity index (χ0n) is 10.2. The minimum absolute atomic E-state index is 0.145. The molecule has 2 aromatic rings. The number of carbonyl (C=O) groups is 1. The second-order valence-electron chi connectivity index (χ2n) is 4.16. The van der Waals surface area contributed by atoms with Gasteiger partial charge in [-0.05, 0) is 35.9 Å². The van der Waals surface area contributed by atoms with Crippen molar-refractivity contribution in [3.8, 4) is 0 Å². The molecule has 2 aromatic carbocycles. The number of nitrogen functional groups attached to an aromatic ring is 1. The maximum absolute atomic E-state index is 13.7. The second kappa shape index (κ2) is 5.39. The van der Waals surface area contributed by atoms with Crippen molar-refractivity contribution >= 4 is 17.3 Å². The minimum Gasteiger partial charge on any atom is -0.399 e. The van der Waals surface area contributed by atoms with Gasteiger partial charge in [0.1, 0.15) is 5.82 Å². The summed E-state index contributed by atoms with van der Waals surface area (Å²) in [5.74, 6) is -1.17. The van der Waals surface area contributed by atoms with Crippen LogP contribution in [0.25, 0.3) is 0 Å². The van der Waals surface area contributed by atoms with Crippen molar-refractivity contribution in [3.63, 3.8) is 0 Å². The van der Waals surface area contributed by atoms with E-state index in [-0.39, 0.29) is 5.56 Å². The Hall–Kier alpha value is -2.56. The highest BCUT2D eigenvalue weighted by atomic mass is 19.1. The molecule has 0 heterocycles. The molecule has 4 nitrogen and oxygen atoms in total. The van der Waals surface area contributed by atoms with Gasteiger partial charge in [-0.3, -0.25) is 4.79 Å². The summed E-state index contributed by atoms with van der Waals surface area (Å²) in [6, 6.07) is 11.4. The number of benzene rings is 2. The van der Waals surface area contributed by atoms with E-state index in [0.29, 0.717) is 17.9 Å². The number of primary amides is 1. The number of anilines is 2. The highest BCUT2D eigenvalue weighted by Gasteiger charge is 2.06. The molecule has 0 bridgehead atoms. The number of nitrogens with two attached hydrogens (primary N) is 2. The lowest BCUT2D eigenvalue weighted by Gasteiger charge is -2.09. The number of rotatable bonds is 4. The predicted octanol–water partition coefficient (Wildman–Crippen LogP) is 2.12. The van der Waals surface area contributed by atoms with Gasteiger partial charge >= 0.3 is 0 Å². The molecular weight excluding hydrogens is 245 g/mol. The monoisotopic (exact) mass is 259 g/mol. The molecule has 0 spiro atoms. The fourth-order valence-electron chi connectivity index (χ4n) is 1.71. The van der Waals surface area contributed by atoms with Crippen molar-refractivity contribution in [2.45, 2.75) is 6.54 Å². The summed E-state index contributed by atoms with van der Waals surface area (Å²) in [4.78, 5) is 10.9. The third-order valence-corrected chi connectivity index (χ3v) is 2.69. The number of nitrogens with one attached hydrogen (secondary N) is 1. The van der Waals surface area contributed by atoms with E-state index < -0.39 is 11.7 Å². The molecule has 1 amide bonds. The Bertz CT molecular complexity index is 613. The van der Waals surface area contributed by atoms with Crippen LogP contribution in [0.5, 0.6) is 0 Å². The Morgan fingerprint density at radius 3 is 2.63 bits per heavy atom. The van der Waals surface area contributed by atoms with Gasteiger partial charge in [-0.1, -0.05) is 12.1 Å². The molecule has 0 atom stereocenters. The van der Waals surface area contributed by atoms with E-state index in [9.17, 15) is 9.18 Å². The van der Waals surface area contributed by atoms with E-state index >= 15 is 0 Å². The summed E-state index contributed by atoms with van der Waals surface area (Å²) >= 11 is 0. The molecular formula is C14H14FN3O. The van der Waals surface area contributed by atoms with Crippen LogP contribution in [-0.4, -0.2) is 5.91 Å². The Kier molecular flexibility index (Phi) is 3.66. The number of hydrogen-bond donors (Lipinski definition) is 3. The molecule has 0 radical (unpaired) electrons. The van der Waals surface area contributed by atoms with Crippen LogP contribution in [-0.2, 0) is 6.54 Å². The zero-order valence-corrected chi connectivity index (χ0v) is 10.2. The van der Waals surface area contributed by atoms with Gasteiger partial charge in [-0.15, -0.1) is 0 Å². The van der Waals surface area contributed by atoms with Crippen molar-refractivity contribution in [3.05, 3.63) is 59.4 Å². The lowest BCUT2D eigenvalue weighted by atomic mass is 10.1. The second-order valence-corrected chi connectivity index (χ2v) is 4.16. The van der Waals surface area contributed by atoms with Crippen LogP contribution in [0, 0.1) is 5.82 Å². The molecule has 5 heteroatoms. The Morgan fingerprint density at radius 2 is 2.00 bits per heavy atom. The lowest BCUT2D eigenvalue weighted by molar-refractivity contribution is 0.1000. The molecule has 0 aliphatic heterocycles. The van der Waals surface area contributed by atoms with Crippen LogP contribution in [0.3, 0.4) is 0 Å². The largest absolute Gasteiger partial charge is 0.399 e. The van der Waals surface area contributed by atoms with E-state index in [1.54, 1.807) is 6.07 Å². The van der Waals surface area contributed by atoms with Crippen LogP contribution in [0.2, 0.25) is 0 Å². The smallest absolute Gasteiger partial charge is 0.248 e. The third kappa shape index (κ3) is 3.22. The quantitative estimate of drug-likeness (QED) is 0.736. The SMILES string of the molecule is NC(=O)c1ccc(NCc2cccc(N)c2)c(F)c1. The maximum atomic E-state index is 13.7. The van der Waals surface area contributed by atoms with Gasteiger partial charge in [-0.2, -0.15) is 0 Å². The van der Waals surface area contributed by atoms with Crippen LogP contribution >= 0.6 is 0 Å². The van der Waals surface area contributed by atoms with Crippen LogP contribution in [0.4, 0.5) is 15.8 Å². The Labute approximate surface area is 110 Å².